The van der Waals surface area contributed by atoms with Gasteiger partial charge in [0, 0.05) is 25.7 Å². The summed E-state index contributed by atoms with van der Waals surface area (Å²) in [5, 5.41) is 8.60. The molecule has 1 amide bonds. The molecule has 0 aliphatic rings. The van der Waals surface area contributed by atoms with Crippen molar-refractivity contribution in [2.75, 3.05) is 19.3 Å². The number of carboxylic acids is 1. The summed E-state index contributed by atoms with van der Waals surface area (Å²) in [7, 11) is -1.72. The van der Waals surface area contributed by atoms with E-state index in [1.54, 1.807) is 31.2 Å². The van der Waals surface area contributed by atoms with Gasteiger partial charge in [-0.15, -0.1) is 0 Å². The first-order valence-electron chi connectivity index (χ1n) is 6.78. The summed E-state index contributed by atoms with van der Waals surface area (Å²) >= 11 is 0. The number of carbonyl (C=O) groups is 2. The van der Waals surface area contributed by atoms with Crippen LogP contribution >= 0.6 is 0 Å². The van der Waals surface area contributed by atoms with Crippen molar-refractivity contribution in [1.29, 1.82) is 0 Å². The highest BCUT2D eigenvalue weighted by Crippen LogP contribution is 2.08. The fourth-order valence-corrected chi connectivity index (χ4v) is 2.24. The fourth-order valence-electron chi connectivity index (χ4n) is 1.65. The second-order valence-electron chi connectivity index (χ2n) is 4.79. The molecule has 1 rings (SSSR count). The van der Waals surface area contributed by atoms with Crippen molar-refractivity contribution < 1.29 is 23.1 Å². The first kappa shape index (κ1) is 18.1. The first-order chi connectivity index (χ1) is 10.2. The van der Waals surface area contributed by atoms with E-state index in [0.29, 0.717) is 5.56 Å². The van der Waals surface area contributed by atoms with Gasteiger partial charge in [-0.3, -0.25) is 9.59 Å². The van der Waals surface area contributed by atoms with E-state index in [1.807, 2.05) is 0 Å². The minimum atomic E-state index is -3.25. The molecule has 1 aromatic carbocycles. The Bertz CT molecular complexity index is 625. The molecule has 122 valence electrons. The number of benzene rings is 1. The lowest BCUT2D eigenvalue weighted by atomic mass is 10.1. The van der Waals surface area contributed by atoms with Crippen LogP contribution in [0.3, 0.4) is 0 Å². The molecule has 0 atom stereocenters. The smallest absolute Gasteiger partial charge is 0.305 e. The molecule has 0 fully saturated rings. The molecule has 0 spiro atoms. The van der Waals surface area contributed by atoms with Gasteiger partial charge in [-0.25, -0.2) is 13.1 Å². The van der Waals surface area contributed by atoms with Crippen LogP contribution < -0.4 is 4.72 Å². The van der Waals surface area contributed by atoms with Crippen LogP contribution in [-0.2, 0) is 21.4 Å². The topological polar surface area (TPSA) is 104 Å². The molecule has 0 radical (unpaired) electrons. The van der Waals surface area contributed by atoms with Crippen molar-refractivity contribution in [1.82, 2.24) is 9.62 Å². The second-order valence-corrected chi connectivity index (χ2v) is 6.89. The van der Waals surface area contributed by atoms with Gasteiger partial charge >= 0.3 is 5.97 Å². The highest BCUT2D eigenvalue weighted by Gasteiger charge is 2.13. The van der Waals surface area contributed by atoms with E-state index in [9.17, 15) is 18.0 Å². The largest absolute Gasteiger partial charge is 0.481 e. The Balaban J connectivity index is 2.64. The summed E-state index contributed by atoms with van der Waals surface area (Å²) < 4.78 is 25.1. The van der Waals surface area contributed by atoms with Crippen molar-refractivity contribution in [3.63, 3.8) is 0 Å². The molecular formula is C14H20N2O5S. The Hall–Kier alpha value is -1.93. The predicted molar refractivity (Wildman–Crippen MR) is 82.0 cm³/mol. The molecule has 1 aromatic rings. The van der Waals surface area contributed by atoms with Crippen LogP contribution in [0.4, 0.5) is 0 Å². The van der Waals surface area contributed by atoms with E-state index in [0.717, 1.165) is 5.56 Å². The van der Waals surface area contributed by atoms with E-state index in [1.165, 1.54) is 11.9 Å². The van der Waals surface area contributed by atoms with Crippen LogP contribution in [0.25, 0.3) is 0 Å². The highest BCUT2D eigenvalue weighted by atomic mass is 32.2. The van der Waals surface area contributed by atoms with Crippen molar-refractivity contribution in [3.8, 4) is 0 Å². The Morgan fingerprint density at radius 1 is 1.23 bits per heavy atom. The van der Waals surface area contributed by atoms with Gasteiger partial charge in [0.05, 0.1) is 12.2 Å². The molecule has 0 saturated heterocycles. The summed E-state index contributed by atoms with van der Waals surface area (Å²) in [6.07, 6.45) is -0.112. The first-order valence-corrected chi connectivity index (χ1v) is 8.44. The van der Waals surface area contributed by atoms with Gasteiger partial charge in [-0.1, -0.05) is 12.1 Å². The third-order valence-electron chi connectivity index (χ3n) is 3.08. The third-order valence-corrected chi connectivity index (χ3v) is 4.43. The summed E-state index contributed by atoms with van der Waals surface area (Å²) in [5.41, 5.74) is 1.16. The van der Waals surface area contributed by atoms with Crippen molar-refractivity contribution >= 4 is 21.9 Å². The molecule has 0 unspecified atom stereocenters. The maximum atomic E-state index is 12.1. The highest BCUT2D eigenvalue weighted by molar-refractivity contribution is 7.89. The molecular weight excluding hydrogens is 308 g/mol. The molecule has 0 heterocycles. The SMILES string of the molecule is CCS(=O)(=O)NCc1ccc(C(=O)N(C)CCC(=O)O)cc1. The molecule has 2 N–H and O–H groups in total. The summed E-state index contributed by atoms with van der Waals surface area (Å²) in [6, 6.07) is 6.51. The minimum absolute atomic E-state index is 0.0118. The molecule has 0 bridgehead atoms. The third kappa shape index (κ3) is 5.82. The van der Waals surface area contributed by atoms with E-state index in [-0.39, 0.29) is 31.2 Å². The zero-order valence-electron chi connectivity index (χ0n) is 12.6. The fraction of sp³-hybridized carbons (Fsp3) is 0.429. The van der Waals surface area contributed by atoms with Gasteiger partial charge in [-0.2, -0.15) is 0 Å². The van der Waals surface area contributed by atoms with Crippen LogP contribution in [0, 0.1) is 0 Å². The standard InChI is InChI=1S/C14H20N2O5S/c1-3-22(20,21)15-10-11-4-6-12(7-5-11)14(19)16(2)9-8-13(17)18/h4-7,15H,3,8-10H2,1-2H3,(H,17,18). The lowest BCUT2D eigenvalue weighted by Gasteiger charge is -2.16. The molecule has 22 heavy (non-hydrogen) atoms. The second kappa shape index (κ2) is 7.90. The average molecular weight is 328 g/mol. The zero-order valence-corrected chi connectivity index (χ0v) is 13.4. The minimum Gasteiger partial charge on any atom is -0.481 e. The van der Waals surface area contributed by atoms with E-state index in [4.69, 9.17) is 5.11 Å². The van der Waals surface area contributed by atoms with Crippen molar-refractivity contribution in [2.45, 2.75) is 19.9 Å². The van der Waals surface area contributed by atoms with E-state index < -0.39 is 16.0 Å². The number of aliphatic carboxylic acids is 1. The van der Waals surface area contributed by atoms with Gasteiger partial charge in [0.15, 0.2) is 0 Å². The zero-order chi connectivity index (χ0) is 16.8. The van der Waals surface area contributed by atoms with Gasteiger partial charge in [0.25, 0.3) is 5.91 Å². The number of nitrogens with one attached hydrogen (secondary N) is 1. The van der Waals surface area contributed by atoms with Crippen molar-refractivity contribution in [2.24, 2.45) is 0 Å². The Kier molecular flexibility index (Phi) is 6.51. The lowest BCUT2D eigenvalue weighted by molar-refractivity contribution is -0.137. The van der Waals surface area contributed by atoms with Crippen LogP contribution in [0.5, 0.6) is 0 Å². The number of amides is 1. The van der Waals surface area contributed by atoms with Gasteiger partial charge < -0.3 is 10.0 Å². The van der Waals surface area contributed by atoms with Crippen LogP contribution in [0.1, 0.15) is 29.3 Å². The maximum Gasteiger partial charge on any atom is 0.305 e. The number of sulfonamides is 1. The molecule has 7 nitrogen and oxygen atoms in total. The predicted octanol–water partition coefficient (Wildman–Crippen LogP) is 0.673. The number of nitrogens with zero attached hydrogens (tertiary/aromatic N) is 1. The monoisotopic (exact) mass is 328 g/mol. The Labute approximate surface area is 130 Å². The molecule has 8 heteroatoms. The number of rotatable bonds is 8. The quantitative estimate of drug-likeness (QED) is 0.730. The van der Waals surface area contributed by atoms with Crippen molar-refractivity contribution in [3.05, 3.63) is 35.4 Å². The number of carboxylic acid groups (broad SMARTS) is 1. The Morgan fingerprint density at radius 2 is 1.82 bits per heavy atom. The van der Waals surface area contributed by atoms with Crippen LogP contribution in [0.2, 0.25) is 0 Å². The van der Waals surface area contributed by atoms with E-state index >= 15 is 0 Å². The number of carbonyl (C=O) groups excluding carboxylic acids is 1. The molecule has 0 saturated carbocycles. The number of hydrogen-bond donors (Lipinski definition) is 2. The normalized spacial score (nSPS) is 11.2. The van der Waals surface area contributed by atoms with Crippen LogP contribution in [0.15, 0.2) is 24.3 Å². The maximum absolute atomic E-state index is 12.1. The number of hydrogen-bond acceptors (Lipinski definition) is 4. The van der Waals surface area contributed by atoms with Gasteiger partial charge in [0.2, 0.25) is 10.0 Å². The lowest BCUT2D eigenvalue weighted by Crippen LogP contribution is -2.29. The average Bonchev–Trinajstić information content (AvgIpc) is 2.50. The summed E-state index contributed by atoms with van der Waals surface area (Å²) in [4.78, 5) is 23.9. The summed E-state index contributed by atoms with van der Waals surface area (Å²) in [6.45, 7) is 1.85. The molecule has 0 aliphatic carbocycles. The van der Waals surface area contributed by atoms with Gasteiger partial charge in [-0.05, 0) is 24.6 Å². The molecule has 0 aromatic heterocycles. The summed E-state index contributed by atoms with van der Waals surface area (Å²) in [5.74, 6) is -1.22. The Morgan fingerprint density at radius 3 is 2.32 bits per heavy atom. The molecule has 0 aliphatic heterocycles. The van der Waals surface area contributed by atoms with E-state index in [2.05, 4.69) is 4.72 Å². The van der Waals surface area contributed by atoms with Crippen LogP contribution in [-0.4, -0.2) is 49.6 Å². The van der Waals surface area contributed by atoms with Gasteiger partial charge in [0.1, 0.15) is 0 Å².